The number of carbonyl (C=O) groups excluding carboxylic acids is 2. The molecule has 6 N–H and O–H groups in total. The second kappa shape index (κ2) is 11.7. The molecule has 2 aromatic carbocycles. The van der Waals surface area contributed by atoms with Crippen LogP contribution in [0, 0.1) is 20.2 Å². The third-order valence-corrected chi connectivity index (χ3v) is 5.93. The normalized spacial score (nSPS) is 10.4. The average molecular weight is 620 g/mol. The molecule has 0 aliphatic carbocycles. The van der Waals surface area contributed by atoms with Crippen LogP contribution in [0.25, 0.3) is 0 Å². The molecular weight excluding hydrogens is 600 g/mol. The number of benzene rings is 2. The zero-order valence-corrected chi connectivity index (χ0v) is 21.5. The number of nitro benzene ring substituents is 2. The molecule has 0 spiro atoms. The Labute approximate surface area is 214 Å². The van der Waals surface area contributed by atoms with Gasteiger partial charge in [-0.2, -0.15) is 0 Å². The van der Waals surface area contributed by atoms with Crippen LogP contribution in [-0.2, 0) is 0 Å². The maximum Gasteiger partial charge on any atom is 0.335 e. The first-order valence-corrected chi connectivity index (χ1v) is 11.2. The Hall–Kier alpha value is -3.66. The summed E-state index contributed by atoms with van der Waals surface area (Å²) in [4.78, 5) is 45.2. The van der Waals surface area contributed by atoms with E-state index in [-0.39, 0.29) is 56.0 Å². The number of methoxy groups -OCH3 is 2. The summed E-state index contributed by atoms with van der Waals surface area (Å²) in [5.41, 5.74) is 9.43. The summed E-state index contributed by atoms with van der Waals surface area (Å²) in [5.74, 6) is -2.36. The zero-order valence-electron chi connectivity index (χ0n) is 18.3. The Kier molecular flexibility index (Phi) is 9.18. The zero-order chi connectivity index (χ0) is 26.4. The molecule has 0 aromatic heterocycles. The Morgan fingerprint density at radius 2 is 1.20 bits per heavy atom. The molecule has 0 bridgehead atoms. The van der Waals surface area contributed by atoms with E-state index in [4.69, 9.17) is 20.9 Å². The molecule has 16 heteroatoms. The molecule has 14 nitrogen and oxygen atoms in total. The minimum absolute atomic E-state index is 0.0662. The fourth-order valence-corrected chi connectivity index (χ4v) is 4.33. The van der Waals surface area contributed by atoms with Gasteiger partial charge in [0, 0.05) is 22.0 Å². The van der Waals surface area contributed by atoms with Gasteiger partial charge in [0.25, 0.3) is 11.8 Å². The number of hydrogen-bond donors (Lipinski definition) is 4. The largest absolute Gasteiger partial charge is 0.490 e. The quantitative estimate of drug-likeness (QED) is 0.154. The summed E-state index contributed by atoms with van der Waals surface area (Å²) in [6, 6.07) is 2.61. The molecule has 2 rings (SSSR count). The maximum atomic E-state index is 11.7. The smallest absolute Gasteiger partial charge is 0.335 e. The van der Waals surface area contributed by atoms with Crippen LogP contribution in [0.15, 0.2) is 21.1 Å². The third kappa shape index (κ3) is 5.89. The molecule has 0 unspecified atom stereocenters. The Balaban J connectivity index is 2.24. The van der Waals surface area contributed by atoms with E-state index in [9.17, 15) is 29.8 Å². The molecule has 0 aliphatic heterocycles. The topological polar surface area (TPSA) is 215 Å². The number of rotatable bonds is 12. The molecule has 0 atom stereocenters. The molecule has 0 heterocycles. The predicted octanol–water partition coefficient (Wildman–Crippen LogP) is 3.16. The molecular formula is C19H20Br2N6O8. The number of ether oxygens (including phenoxy) is 2. The fraction of sp³-hybridized carbons (Fsp3) is 0.263. The number of nitrogens with two attached hydrogens (primary N) is 2. The van der Waals surface area contributed by atoms with Crippen LogP contribution < -0.4 is 31.6 Å². The maximum absolute atomic E-state index is 11.7. The van der Waals surface area contributed by atoms with Crippen molar-refractivity contribution in [2.45, 2.75) is 6.42 Å². The summed E-state index contributed by atoms with van der Waals surface area (Å²) in [6.45, 7) is 0.376. The highest BCUT2D eigenvalue weighted by Crippen LogP contribution is 2.44. The third-order valence-electron chi connectivity index (χ3n) is 4.67. The number of nitro groups is 2. The Morgan fingerprint density at radius 1 is 0.857 bits per heavy atom. The van der Waals surface area contributed by atoms with Crippen LogP contribution >= 0.6 is 31.9 Å². The number of halogens is 2. The molecule has 0 saturated carbocycles. The standard InChI is InChI=1S/C19H20Br2N6O8/c1-34-16-8(18(22)28)6-10(20)12(14(16)26(30)31)24-4-3-5-25-13-11(21)7-9(19(23)29)17(35-2)15(13)27(32)33/h6-7,24-25H,3-5H2,1-2H3,(H2,22,28)(H2,23,29). The van der Waals surface area contributed by atoms with Crippen molar-refractivity contribution in [1.29, 1.82) is 0 Å². The van der Waals surface area contributed by atoms with Crippen molar-refractivity contribution < 1.29 is 28.9 Å². The van der Waals surface area contributed by atoms with Gasteiger partial charge in [0.1, 0.15) is 11.4 Å². The van der Waals surface area contributed by atoms with Crippen LogP contribution in [0.5, 0.6) is 11.5 Å². The van der Waals surface area contributed by atoms with E-state index in [0.29, 0.717) is 6.42 Å². The van der Waals surface area contributed by atoms with E-state index in [1.54, 1.807) is 0 Å². The number of nitrogens with zero attached hydrogens (tertiary/aromatic N) is 2. The van der Waals surface area contributed by atoms with Crippen molar-refractivity contribution in [1.82, 2.24) is 0 Å². The molecule has 35 heavy (non-hydrogen) atoms. The first-order valence-electron chi connectivity index (χ1n) is 9.63. The van der Waals surface area contributed by atoms with Crippen molar-refractivity contribution >= 4 is 66.4 Å². The Morgan fingerprint density at radius 3 is 1.46 bits per heavy atom. The summed E-state index contributed by atoms with van der Waals surface area (Å²) >= 11 is 6.39. The minimum Gasteiger partial charge on any atom is -0.490 e. The predicted molar refractivity (Wildman–Crippen MR) is 133 cm³/mol. The number of amides is 2. The van der Waals surface area contributed by atoms with Gasteiger partial charge < -0.3 is 31.6 Å². The second-order valence-corrected chi connectivity index (χ2v) is 8.48. The lowest BCUT2D eigenvalue weighted by Crippen LogP contribution is -2.17. The number of primary amides is 2. The van der Waals surface area contributed by atoms with Gasteiger partial charge in [-0.15, -0.1) is 0 Å². The molecule has 0 radical (unpaired) electrons. The average Bonchev–Trinajstić information content (AvgIpc) is 2.78. The van der Waals surface area contributed by atoms with Gasteiger partial charge in [0.2, 0.25) is 11.5 Å². The van der Waals surface area contributed by atoms with Crippen LogP contribution in [0.4, 0.5) is 22.7 Å². The summed E-state index contributed by atoms with van der Waals surface area (Å²) < 4.78 is 10.5. The van der Waals surface area contributed by atoms with Crippen molar-refractivity contribution in [3.63, 3.8) is 0 Å². The molecule has 2 aromatic rings. The molecule has 2 amide bonds. The SMILES string of the molecule is COc1c(C(N)=O)cc(Br)c(NCCCNc2c(Br)cc(C(N)=O)c(OC)c2[N+](=O)[O-])c1[N+](=O)[O-]. The summed E-state index contributed by atoms with van der Waals surface area (Å²) in [6.07, 6.45) is 0.340. The van der Waals surface area contributed by atoms with Crippen molar-refractivity contribution in [3.05, 3.63) is 52.4 Å². The molecule has 0 aliphatic rings. The lowest BCUT2D eigenvalue weighted by atomic mass is 10.1. The highest BCUT2D eigenvalue weighted by molar-refractivity contribution is 9.11. The first-order chi connectivity index (χ1) is 16.5. The van der Waals surface area contributed by atoms with Gasteiger partial charge in [0.15, 0.2) is 0 Å². The Bertz CT molecular complexity index is 1120. The minimum atomic E-state index is -0.897. The number of hydrogen-bond acceptors (Lipinski definition) is 10. The van der Waals surface area contributed by atoms with Crippen LogP contribution in [0.1, 0.15) is 27.1 Å². The highest BCUT2D eigenvalue weighted by atomic mass is 79.9. The number of anilines is 2. The molecule has 188 valence electrons. The van der Waals surface area contributed by atoms with Gasteiger partial charge in [-0.3, -0.25) is 29.8 Å². The van der Waals surface area contributed by atoms with E-state index in [1.165, 1.54) is 26.4 Å². The lowest BCUT2D eigenvalue weighted by Gasteiger charge is -2.15. The van der Waals surface area contributed by atoms with Crippen molar-refractivity contribution in [3.8, 4) is 11.5 Å². The molecule has 0 saturated heterocycles. The van der Waals surface area contributed by atoms with Crippen molar-refractivity contribution in [2.24, 2.45) is 11.5 Å². The summed E-state index contributed by atoms with van der Waals surface area (Å²) in [5, 5.41) is 29.1. The van der Waals surface area contributed by atoms with Crippen LogP contribution in [-0.4, -0.2) is 49.0 Å². The molecule has 0 fully saturated rings. The van der Waals surface area contributed by atoms with E-state index in [1.807, 2.05) is 0 Å². The van der Waals surface area contributed by atoms with Gasteiger partial charge >= 0.3 is 11.4 Å². The van der Waals surface area contributed by atoms with Gasteiger partial charge in [0.05, 0.1) is 35.2 Å². The second-order valence-electron chi connectivity index (χ2n) is 6.78. The van der Waals surface area contributed by atoms with E-state index < -0.39 is 33.0 Å². The number of nitrogens with one attached hydrogen (secondary N) is 2. The number of carbonyl (C=O) groups is 2. The van der Waals surface area contributed by atoms with Crippen LogP contribution in [0.2, 0.25) is 0 Å². The van der Waals surface area contributed by atoms with E-state index in [2.05, 4.69) is 42.5 Å². The highest BCUT2D eigenvalue weighted by Gasteiger charge is 2.30. The van der Waals surface area contributed by atoms with Crippen LogP contribution in [0.3, 0.4) is 0 Å². The van der Waals surface area contributed by atoms with Gasteiger partial charge in [-0.25, -0.2) is 0 Å². The van der Waals surface area contributed by atoms with Gasteiger partial charge in [-0.1, -0.05) is 0 Å². The first kappa shape index (κ1) is 27.6. The fourth-order valence-electron chi connectivity index (χ4n) is 3.22. The van der Waals surface area contributed by atoms with Crippen molar-refractivity contribution in [2.75, 3.05) is 37.9 Å². The monoisotopic (exact) mass is 618 g/mol. The van der Waals surface area contributed by atoms with E-state index in [0.717, 1.165) is 0 Å². The van der Waals surface area contributed by atoms with Gasteiger partial charge in [-0.05, 0) is 50.4 Å². The van der Waals surface area contributed by atoms with E-state index >= 15 is 0 Å². The summed E-state index contributed by atoms with van der Waals surface area (Å²) in [7, 11) is 2.36. The lowest BCUT2D eigenvalue weighted by molar-refractivity contribution is -0.385.